The number of hydrogen-bond donors (Lipinski definition) is 1. The average molecular weight is 285 g/mol. The molecule has 0 spiro atoms. The lowest BCUT2D eigenvalue weighted by molar-refractivity contribution is -0.117. The largest absolute Gasteiger partial charge is 0.360 e. The molecule has 2 aromatic rings. The van der Waals surface area contributed by atoms with Crippen LogP contribution in [0.1, 0.15) is 18.7 Å². The molecule has 1 N–H and O–H groups in total. The Morgan fingerprint density at radius 1 is 1.33 bits per heavy atom. The molecule has 2 heterocycles. The van der Waals surface area contributed by atoms with Crippen molar-refractivity contribution in [2.75, 3.05) is 16.8 Å². The van der Waals surface area contributed by atoms with Gasteiger partial charge in [-0.25, -0.2) is 0 Å². The van der Waals surface area contributed by atoms with Crippen LogP contribution in [-0.4, -0.2) is 33.3 Å². The topological polar surface area (TPSA) is 63.1 Å². The Morgan fingerprint density at radius 2 is 2.10 bits per heavy atom. The number of carbonyl (C=O) groups excluding carboxylic acids is 1. The monoisotopic (exact) mass is 285 g/mol. The van der Waals surface area contributed by atoms with Crippen molar-refractivity contribution in [2.45, 2.75) is 25.8 Å². The van der Waals surface area contributed by atoms with Crippen LogP contribution in [-0.2, 0) is 11.8 Å². The molecule has 6 nitrogen and oxygen atoms in total. The summed E-state index contributed by atoms with van der Waals surface area (Å²) in [7, 11) is 1.81. The normalized spacial score (nSPS) is 18.0. The minimum absolute atomic E-state index is 0.0399. The van der Waals surface area contributed by atoms with Crippen LogP contribution in [0.2, 0.25) is 0 Å². The van der Waals surface area contributed by atoms with E-state index in [1.807, 2.05) is 44.3 Å². The van der Waals surface area contributed by atoms with E-state index in [-0.39, 0.29) is 11.9 Å². The first-order valence-electron chi connectivity index (χ1n) is 7.15. The number of benzene rings is 1. The summed E-state index contributed by atoms with van der Waals surface area (Å²) in [5.41, 5.74) is 1.08. The van der Waals surface area contributed by atoms with Gasteiger partial charge >= 0.3 is 0 Å². The minimum Gasteiger partial charge on any atom is -0.360 e. The van der Waals surface area contributed by atoms with Gasteiger partial charge in [0.25, 0.3) is 0 Å². The van der Waals surface area contributed by atoms with E-state index in [0.717, 1.165) is 30.9 Å². The first kappa shape index (κ1) is 13.6. The summed E-state index contributed by atoms with van der Waals surface area (Å²) in [6.45, 7) is 2.76. The van der Waals surface area contributed by atoms with Gasteiger partial charge in [-0.2, -0.15) is 4.98 Å². The Bertz CT molecular complexity index is 617. The van der Waals surface area contributed by atoms with Crippen molar-refractivity contribution in [3.05, 3.63) is 36.2 Å². The van der Waals surface area contributed by atoms with Crippen molar-refractivity contribution in [3.8, 4) is 0 Å². The molecule has 1 aromatic carbocycles. The third-order valence-electron chi connectivity index (χ3n) is 3.86. The SMILES string of the molecule is Cc1nc(NC(=O)C2CCCN2c2ccccc2)nn1C. The van der Waals surface area contributed by atoms with E-state index in [4.69, 9.17) is 0 Å². The molecule has 0 aliphatic carbocycles. The molecule has 1 unspecified atom stereocenters. The molecular weight excluding hydrogens is 266 g/mol. The van der Waals surface area contributed by atoms with Crippen molar-refractivity contribution in [1.82, 2.24) is 14.8 Å². The smallest absolute Gasteiger partial charge is 0.249 e. The van der Waals surface area contributed by atoms with Gasteiger partial charge in [-0.05, 0) is 31.9 Å². The molecule has 0 bridgehead atoms. The van der Waals surface area contributed by atoms with Crippen molar-refractivity contribution in [1.29, 1.82) is 0 Å². The van der Waals surface area contributed by atoms with Crippen molar-refractivity contribution in [2.24, 2.45) is 7.05 Å². The van der Waals surface area contributed by atoms with E-state index < -0.39 is 0 Å². The van der Waals surface area contributed by atoms with Gasteiger partial charge in [0.15, 0.2) is 0 Å². The molecule has 1 saturated heterocycles. The number of amides is 1. The van der Waals surface area contributed by atoms with Gasteiger partial charge in [-0.1, -0.05) is 18.2 Å². The van der Waals surface area contributed by atoms with E-state index in [0.29, 0.717) is 5.95 Å². The van der Waals surface area contributed by atoms with Gasteiger partial charge < -0.3 is 4.90 Å². The Balaban J connectivity index is 1.74. The standard InChI is InChI=1S/C15H19N5O/c1-11-16-15(18-19(11)2)17-14(21)13-9-6-10-20(13)12-7-4-3-5-8-12/h3-5,7-8,13H,6,9-10H2,1-2H3,(H,17,18,21). The fraction of sp³-hybridized carbons (Fsp3) is 0.400. The summed E-state index contributed by atoms with van der Waals surface area (Å²) in [5.74, 6) is 1.11. The van der Waals surface area contributed by atoms with Gasteiger partial charge in [0.1, 0.15) is 11.9 Å². The summed E-state index contributed by atoms with van der Waals surface area (Å²) in [4.78, 5) is 18.8. The highest BCUT2D eigenvalue weighted by Crippen LogP contribution is 2.25. The van der Waals surface area contributed by atoms with Crippen LogP contribution >= 0.6 is 0 Å². The molecule has 1 atom stereocenters. The minimum atomic E-state index is -0.156. The molecule has 6 heteroatoms. The lowest BCUT2D eigenvalue weighted by atomic mass is 10.2. The zero-order valence-electron chi connectivity index (χ0n) is 12.3. The van der Waals surface area contributed by atoms with E-state index in [2.05, 4.69) is 20.3 Å². The second-order valence-corrected chi connectivity index (χ2v) is 5.28. The number of anilines is 2. The maximum absolute atomic E-state index is 12.5. The number of aryl methyl sites for hydroxylation is 2. The number of nitrogens with zero attached hydrogens (tertiary/aromatic N) is 4. The Hall–Kier alpha value is -2.37. The lowest BCUT2D eigenvalue weighted by Gasteiger charge is -2.25. The number of hydrogen-bond acceptors (Lipinski definition) is 4. The first-order chi connectivity index (χ1) is 10.1. The maximum Gasteiger partial charge on any atom is 0.249 e. The molecule has 0 radical (unpaired) electrons. The van der Waals surface area contributed by atoms with Crippen LogP contribution < -0.4 is 10.2 Å². The summed E-state index contributed by atoms with van der Waals surface area (Å²) in [5, 5.41) is 7.00. The lowest BCUT2D eigenvalue weighted by Crippen LogP contribution is -2.39. The summed E-state index contributed by atoms with van der Waals surface area (Å²) < 4.78 is 1.65. The highest BCUT2D eigenvalue weighted by atomic mass is 16.2. The molecule has 1 aliphatic heterocycles. The van der Waals surface area contributed by atoms with Crippen molar-refractivity contribution < 1.29 is 4.79 Å². The molecule has 110 valence electrons. The molecule has 1 amide bonds. The van der Waals surface area contributed by atoms with Gasteiger partial charge in [-0.15, -0.1) is 5.10 Å². The van der Waals surface area contributed by atoms with Crippen LogP contribution in [0.5, 0.6) is 0 Å². The molecular formula is C15H19N5O. The second-order valence-electron chi connectivity index (χ2n) is 5.28. The number of rotatable bonds is 3. The average Bonchev–Trinajstić information content (AvgIpc) is 3.07. The number of carbonyl (C=O) groups is 1. The number of aromatic nitrogens is 3. The van der Waals surface area contributed by atoms with Gasteiger partial charge in [0, 0.05) is 19.3 Å². The highest BCUT2D eigenvalue weighted by Gasteiger charge is 2.31. The quantitative estimate of drug-likeness (QED) is 0.933. The maximum atomic E-state index is 12.5. The Morgan fingerprint density at radius 3 is 2.76 bits per heavy atom. The summed E-state index contributed by atoms with van der Waals surface area (Å²) in [6.07, 6.45) is 1.87. The predicted octanol–water partition coefficient (Wildman–Crippen LogP) is 1.73. The van der Waals surface area contributed by atoms with Crippen molar-refractivity contribution in [3.63, 3.8) is 0 Å². The zero-order valence-corrected chi connectivity index (χ0v) is 12.3. The zero-order chi connectivity index (χ0) is 14.8. The Kier molecular flexibility index (Phi) is 3.60. The van der Waals surface area contributed by atoms with E-state index in [9.17, 15) is 4.79 Å². The van der Waals surface area contributed by atoms with Crippen LogP contribution in [0, 0.1) is 6.92 Å². The summed E-state index contributed by atoms with van der Waals surface area (Å²) in [6, 6.07) is 9.88. The number of nitrogens with one attached hydrogen (secondary N) is 1. The molecule has 1 aromatic heterocycles. The molecule has 1 aliphatic rings. The second kappa shape index (κ2) is 5.55. The van der Waals surface area contributed by atoms with E-state index in [1.54, 1.807) is 4.68 Å². The fourth-order valence-corrected chi connectivity index (χ4v) is 2.68. The molecule has 0 saturated carbocycles. The first-order valence-corrected chi connectivity index (χ1v) is 7.15. The molecule has 3 rings (SSSR count). The predicted molar refractivity (Wildman–Crippen MR) is 81.2 cm³/mol. The van der Waals surface area contributed by atoms with E-state index >= 15 is 0 Å². The third-order valence-corrected chi connectivity index (χ3v) is 3.86. The van der Waals surface area contributed by atoms with Gasteiger partial charge in [0.2, 0.25) is 11.9 Å². The van der Waals surface area contributed by atoms with E-state index in [1.165, 1.54) is 0 Å². The van der Waals surface area contributed by atoms with Crippen LogP contribution in [0.15, 0.2) is 30.3 Å². The third kappa shape index (κ3) is 2.74. The van der Waals surface area contributed by atoms with Crippen LogP contribution in [0.3, 0.4) is 0 Å². The fourth-order valence-electron chi connectivity index (χ4n) is 2.68. The van der Waals surface area contributed by atoms with Gasteiger partial charge in [-0.3, -0.25) is 14.8 Å². The highest BCUT2D eigenvalue weighted by molar-refractivity contribution is 5.96. The molecule has 21 heavy (non-hydrogen) atoms. The van der Waals surface area contributed by atoms with Gasteiger partial charge in [0.05, 0.1) is 0 Å². The summed E-state index contributed by atoms with van der Waals surface area (Å²) >= 11 is 0. The van der Waals surface area contributed by atoms with Crippen molar-refractivity contribution >= 4 is 17.5 Å². The van der Waals surface area contributed by atoms with Crippen LogP contribution in [0.25, 0.3) is 0 Å². The number of para-hydroxylation sites is 1. The van der Waals surface area contributed by atoms with Crippen LogP contribution in [0.4, 0.5) is 11.6 Å². The molecule has 1 fully saturated rings. The Labute approximate surface area is 123 Å².